The number of β-amino-alcohol motifs (C(OH)–C–C–N with tert-alkyl or cyclic N) is 1. The second-order valence-electron chi connectivity index (χ2n) is 6.51. The van der Waals surface area contributed by atoms with Gasteiger partial charge in [-0.15, -0.1) is 0 Å². The standard InChI is InChI=1S/C13H24N2O3/c1-12(2,3)18-11(17)15-7-6-13(9-15)5-4-10(16)8-14-13/h10,14,16H,4-9H2,1-3H3. The molecule has 2 aliphatic heterocycles. The number of piperidine rings is 1. The molecule has 2 unspecified atom stereocenters. The van der Waals surface area contributed by atoms with Crippen LogP contribution in [0.3, 0.4) is 0 Å². The number of aliphatic hydroxyl groups excluding tert-OH is 1. The van der Waals surface area contributed by atoms with Crippen LogP contribution >= 0.6 is 0 Å². The third-order valence-corrected chi connectivity index (χ3v) is 3.67. The summed E-state index contributed by atoms with van der Waals surface area (Å²) in [6, 6.07) is 0. The number of hydrogen-bond donors (Lipinski definition) is 2. The second-order valence-corrected chi connectivity index (χ2v) is 6.51. The lowest BCUT2D eigenvalue weighted by Crippen LogP contribution is -2.54. The molecule has 2 rings (SSSR count). The second kappa shape index (κ2) is 4.70. The van der Waals surface area contributed by atoms with Crippen LogP contribution in [0.25, 0.3) is 0 Å². The predicted molar refractivity (Wildman–Crippen MR) is 68.4 cm³/mol. The molecule has 2 fully saturated rings. The minimum absolute atomic E-state index is 0.00384. The van der Waals surface area contributed by atoms with Gasteiger partial charge in [0.05, 0.1) is 6.10 Å². The zero-order valence-corrected chi connectivity index (χ0v) is 11.5. The summed E-state index contributed by atoms with van der Waals surface area (Å²) in [5.74, 6) is 0. The van der Waals surface area contributed by atoms with Gasteiger partial charge in [-0.3, -0.25) is 0 Å². The largest absolute Gasteiger partial charge is 0.444 e. The quantitative estimate of drug-likeness (QED) is 0.681. The summed E-state index contributed by atoms with van der Waals surface area (Å²) in [6.07, 6.45) is 2.21. The Labute approximate surface area is 108 Å². The third kappa shape index (κ3) is 3.14. The number of nitrogens with zero attached hydrogens (tertiary/aromatic N) is 1. The van der Waals surface area contributed by atoms with E-state index in [1.807, 2.05) is 20.8 Å². The van der Waals surface area contributed by atoms with Gasteiger partial charge in [-0.2, -0.15) is 0 Å². The van der Waals surface area contributed by atoms with Crippen molar-refractivity contribution in [2.45, 2.75) is 57.3 Å². The van der Waals surface area contributed by atoms with Gasteiger partial charge in [0.2, 0.25) is 0 Å². The molecule has 18 heavy (non-hydrogen) atoms. The summed E-state index contributed by atoms with van der Waals surface area (Å²) in [4.78, 5) is 13.8. The van der Waals surface area contributed by atoms with Crippen LogP contribution in [0.2, 0.25) is 0 Å². The van der Waals surface area contributed by atoms with Gasteiger partial charge in [-0.1, -0.05) is 0 Å². The van der Waals surface area contributed by atoms with Crippen molar-refractivity contribution < 1.29 is 14.6 Å². The van der Waals surface area contributed by atoms with Crippen LogP contribution < -0.4 is 5.32 Å². The summed E-state index contributed by atoms with van der Waals surface area (Å²) in [5.41, 5.74) is -0.445. The number of ether oxygens (including phenoxy) is 1. The minimum Gasteiger partial charge on any atom is -0.444 e. The first-order chi connectivity index (χ1) is 8.30. The first kappa shape index (κ1) is 13.6. The van der Waals surface area contributed by atoms with Gasteiger partial charge in [0.25, 0.3) is 0 Å². The van der Waals surface area contributed by atoms with Gasteiger partial charge in [0, 0.05) is 25.2 Å². The molecule has 2 saturated heterocycles. The molecule has 2 atom stereocenters. The fraction of sp³-hybridized carbons (Fsp3) is 0.923. The zero-order chi connectivity index (χ0) is 13.4. The van der Waals surface area contributed by atoms with E-state index in [0.717, 1.165) is 25.8 Å². The smallest absolute Gasteiger partial charge is 0.410 e. The molecule has 1 amide bonds. The topological polar surface area (TPSA) is 61.8 Å². The van der Waals surface area contributed by atoms with E-state index >= 15 is 0 Å². The Bertz CT molecular complexity index is 317. The number of hydrogen-bond acceptors (Lipinski definition) is 4. The van der Waals surface area contributed by atoms with Gasteiger partial charge >= 0.3 is 6.09 Å². The molecule has 0 aromatic heterocycles. The number of nitrogens with one attached hydrogen (secondary N) is 1. The molecule has 0 aromatic rings. The molecule has 0 bridgehead atoms. The fourth-order valence-electron chi connectivity index (χ4n) is 2.67. The SMILES string of the molecule is CC(C)(C)OC(=O)N1CCC2(CCC(O)CN2)C1. The Kier molecular flexibility index (Phi) is 3.56. The van der Waals surface area contributed by atoms with Crippen LogP contribution in [0.15, 0.2) is 0 Å². The lowest BCUT2D eigenvalue weighted by Gasteiger charge is -2.36. The molecule has 2 N–H and O–H groups in total. The number of aliphatic hydroxyl groups is 1. The van der Waals surface area contributed by atoms with Crippen LogP contribution in [0.1, 0.15) is 40.0 Å². The van der Waals surface area contributed by atoms with Gasteiger partial charge in [-0.25, -0.2) is 4.79 Å². The van der Waals surface area contributed by atoms with Crippen LogP contribution in [0.5, 0.6) is 0 Å². The zero-order valence-electron chi connectivity index (χ0n) is 11.5. The molecule has 0 aliphatic carbocycles. The lowest BCUT2D eigenvalue weighted by atomic mass is 9.87. The Balaban J connectivity index is 1.90. The predicted octanol–water partition coefficient (Wildman–Crippen LogP) is 1.11. The Hall–Kier alpha value is -0.810. The van der Waals surface area contributed by atoms with Crippen molar-refractivity contribution >= 4 is 6.09 Å². The van der Waals surface area contributed by atoms with Crippen molar-refractivity contribution in [2.24, 2.45) is 0 Å². The molecular weight excluding hydrogens is 232 g/mol. The summed E-state index contributed by atoms with van der Waals surface area (Å²) in [7, 11) is 0. The Morgan fingerprint density at radius 2 is 2.17 bits per heavy atom. The van der Waals surface area contributed by atoms with Crippen LogP contribution in [0.4, 0.5) is 4.79 Å². The van der Waals surface area contributed by atoms with Crippen LogP contribution in [-0.4, -0.2) is 53.0 Å². The molecule has 5 heteroatoms. The van der Waals surface area contributed by atoms with Crippen molar-refractivity contribution in [2.75, 3.05) is 19.6 Å². The number of carbonyl (C=O) groups is 1. The molecule has 5 nitrogen and oxygen atoms in total. The van der Waals surface area contributed by atoms with Gasteiger partial charge < -0.3 is 20.1 Å². The molecule has 0 radical (unpaired) electrons. The summed E-state index contributed by atoms with van der Waals surface area (Å²) < 4.78 is 5.39. The monoisotopic (exact) mass is 256 g/mol. The third-order valence-electron chi connectivity index (χ3n) is 3.67. The maximum Gasteiger partial charge on any atom is 0.410 e. The molecule has 2 aliphatic rings. The highest BCUT2D eigenvalue weighted by atomic mass is 16.6. The average Bonchev–Trinajstić information content (AvgIpc) is 2.65. The van der Waals surface area contributed by atoms with E-state index in [2.05, 4.69) is 5.32 Å². The van der Waals surface area contributed by atoms with Gasteiger partial charge in [0.15, 0.2) is 0 Å². The van der Waals surface area contributed by atoms with Crippen molar-refractivity contribution in [1.29, 1.82) is 0 Å². The lowest BCUT2D eigenvalue weighted by molar-refractivity contribution is 0.0265. The molecule has 2 heterocycles. The Morgan fingerprint density at radius 1 is 1.44 bits per heavy atom. The first-order valence-electron chi connectivity index (χ1n) is 6.71. The summed E-state index contributed by atoms with van der Waals surface area (Å²) >= 11 is 0. The first-order valence-corrected chi connectivity index (χ1v) is 6.71. The maximum absolute atomic E-state index is 12.0. The molecule has 0 aromatic carbocycles. The molecule has 1 spiro atoms. The van der Waals surface area contributed by atoms with E-state index in [4.69, 9.17) is 4.74 Å². The van der Waals surface area contributed by atoms with Crippen molar-refractivity contribution in [1.82, 2.24) is 10.2 Å². The van der Waals surface area contributed by atoms with E-state index in [1.165, 1.54) is 0 Å². The highest BCUT2D eigenvalue weighted by Crippen LogP contribution is 2.30. The number of carbonyl (C=O) groups excluding carboxylic acids is 1. The molecule has 0 saturated carbocycles. The summed E-state index contributed by atoms with van der Waals surface area (Å²) in [6.45, 7) is 7.69. The highest BCUT2D eigenvalue weighted by Gasteiger charge is 2.42. The fourth-order valence-corrected chi connectivity index (χ4v) is 2.67. The van der Waals surface area contributed by atoms with Crippen LogP contribution in [-0.2, 0) is 4.74 Å². The van der Waals surface area contributed by atoms with Crippen molar-refractivity contribution in [3.63, 3.8) is 0 Å². The van der Waals surface area contributed by atoms with Crippen molar-refractivity contribution in [3.8, 4) is 0 Å². The maximum atomic E-state index is 12.0. The number of amides is 1. The van der Waals surface area contributed by atoms with Crippen molar-refractivity contribution in [3.05, 3.63) is 0 Å². The van der Waals surface area contributed by atoms with E-state index < -0.39 is 5.60 Å². The van der Waals surface area contributed by atoms with E-state index in [1.54, 1.807) is 4.90 Å². The summed E-state index contributed by atoms with van der Waals surface area (Å²) in [5, 5.41) is 12.9. The number of rotatable bonds is 0. The highest BCUT2D eigenvalue weighted by molar-refractivity contribution is 5.68. The minimum atomic E-state index is -0.441. The number of likely N-dealkylation sites (tertiary alicyclic amines) is 1. The average molecular weight is 256 g/mol. The van der Waals surface area contributed by atoms with Gasteiger partial charge in [0.1, 0.15) is 5.60 Å². The van der Waals surface area contributed by atoms with Gasteiger partial charge in [-0.05, 0) is 40.0 Å². The normalized spacial score (nSPS) is 32.9. The van der Waals surface area contributed by atoms with E-state index in [-0.39, 0.29) is 17.7 Å². The van der Waals surface area contributed by atoms with E-state index in [0.29, 0.717) is 13.1 Å². The van der Waals surface area contributed by atoms with E-state index in [9.17, 15) is 9.90 Å². The molecular formula is C13H24N2O3. The Morgan fingerprint density at radius 3 is 2.72 bits per heavy atom. The molecule has 104 valence electrons. The van der Waals surface area contributed by atoms with Crippen LogP contribution in [0, 0.1) is 0 Å².